The molecule has 0 saturated heterocycles. The van der Waals surface area contributed by atoms with Crippen LogP contribution in [0.25, 0.3) is 0 Å². The lowest BCUT2D eigenvalue weighted by Crippen LogP contribution is -2.34. The molecule has 0 radical (unpaired) electrons. The number of alkyl halides is 3. The molecule has 122 valence electrons. The van der Waals surface area contributed by atoms with Crippen LogP contribution >= 0.6 is 0 Å². The molecule has 3 nitrogen and oxygen atoms in total. The molecule has 1 aromatic carbocycles. The number of rotatable bonds is 5. The molecule has 0 amide bonds. The van der Waals surface area contributed by atoms with E-state index in [2.05, 4.69) is 0 Å². The van der Waals surface area contributed by atoms with Crippen molar-refractivity contribution in [2.75, 3.05) is 6.61 Å². The summed E-state index contributed by atoms with van der Waals surface area (Å²) in [6, 6.07) is 9.34. The van der Waals surface area contributed by atoms with Crippen LogP contribution in [0.1, 0.15) is 31.9 Å². The molecule has 0 fully saturated rings. The quantitative estimate of drug-likeness (QED) is 0.808. The molecule has 0 aromatic heterocycles. The molecule has 0 N–H and O–H groups in total. The summed E-state index contributed by atoms with van der Waals surface area (Å²) in [5, 5.41) is 0. The molecule has 0 spiro atoms. The third-order valence-corrected chi connectivity index (χ3v) is 3.30. The lowest BCUT2D eigenvalue weighted by atomic mass is 10.1. The highest BCUT2D eigenvalue weighted by Crippen LogP contribution is 2.34. The van der Waals surface area contributed by atoms with E-state index in [0.717, 1.165) is 11.6 Å². The first-order valence-corrected chi connectivity index (χ1v) is 7.17. The van der Waals surface area contributed by atoms with Crippen molar-refractivity contribution in [1.29, 1.82) is 0 Å². The zero-order valence-corrected chi connectivity index (χ0v) is 12.5. The van der Waals surface area contributed by atoms with Crippen LogP contribution < -0.4 is 0 Å². The van der Waals surface area contributed by atoms with E-state index in [1.807, 2.05) is 37.3 Å². The summed E-state index contributed by atoms with van der Waals surface area (Å²) in [6.07, 6.45) is -5.32. The maximum absolute atomic E-state index is 12.9. The van der Waals surface area contributed by atoms with E-state index in [1.165, 1.54) is 0 Å². The average molecular weight is 316 g/mol. The van der Waals surface area contributed by atoms with Gasteiger partial charge in [0.25, 0.3) is 0 Å². The van der Waals surface area contributed by atoms with Crippen LogP contribution in [0.4, 0.5) is 13.2 Å². The Balaban J connectivity index is 2.10. The van der Waals surface area contributed by atoms with Crippen molar-refractivity contribution in [3.05, 3.63) is 47.7 Å². The smallest absolute Gasteiger partial charge is 0.448 e. The molecule has 1 aromatic rings. The molecule has 0 aliphatic carbocycles. The van der Waals surface area contributed by atoms with Crippen molar-refractivity contribution >= 4 is 0 Å². The molecular formula is C16H19F3O3. The number of benzene rings is 1. The van der Waals surface area contributed by atoms with Gasteiger partial charge in [-0.3, -0.25) is 0 Å². The fraction of sp³-hybridized carbons (Fsp3) is 0.500. The number of hydrogen-bond acceptors (Lipinski definition) is 3. The summed E-state index contributed by atoms with van der Waals surface area (Å²) < 4.78 is 54.4. The normalized spacial score (nSPS) is 23.6. The van der Waals surface area contributed by atoms with Gasteiger partial charge in [-0.05, 0) is 25.5 Å². The minimum atomic E-state index is -4.55. The first-order chi connectivity index (χ1) is 10.4. The van der Waals surface area contributed by atoms with Gasteiger partial charge in [0.05, 0.1) is 12.2 Å². The van der Waals surface area contributed by atoms with Gasteiger partial charge in [0.2, 0.25) is 12.0 Å². The number of allylic oxidation sites excluding steroid dienone is 1. The molecule has 6 heteroatoms. The predicted octanol–water partition coefficient (Wildman–Crippen LogP) is 4.36. The maximum Gasteiger partial charge on any atom is 0.448 e. The standard InChI is InChI=1S/C16H19F3O3/c1-3-20-15-10-13(9-14(22-15)16(17,18)19)21-11(2)12-7-5-4-6-8-12/h4-9,11,13,15H,3,10H2,1-2H3/t11-,13-,15+/m1/s1. The Morgan fingerprint density at radius 1 is 1.27 bits per heavy atom. The van der Waals surface area contributed by atoms with Gasteiger partial charge in [0, 0.05) is 13.0 Å². The van der Waals surface area contributed by atoms with Crippen LogP contribution in [0.3, 0.4) is 0 Å². The SMILES string of the molecule is CCO[C@@H]1C[C@H](O[C@H](C)c2ccccc2)C=C(C(F)(F)F)O1. The van der Waals surface area contributed by atoms with Crippen LogP contribution in [0.2, 0.25) is 0 Å². The van der Waals surface area contributed by atoms with Gasteiger partial charge in [-0.1, -0.05) is 30.3 Å². The van der Waals surface area contributed by atoms with Gasteiger partial charge < -0.3 is 14.2 Å². The van der Waals surface area contributed by atoms with Gasteiger partial charge in [-0.25, -0.2) is 0 Å². The van der Waals surface area contributed by atoms with Crippen molar-refractivity contribution in [2.24, 2.45) is 0 Å². The van der Waals surface area contributed by atoms with E-state index >= 15 is 0 Å². The summed E-state index contributed by atoms with van der Waals surface area (Å²) in [5.74, 6) is -1.05. The van der Waals surface area contributed by atoms with Gasteiger partial charge in [0.1, 0.15) is 0 Å². The van der Waals surface area contributed by atoms with E-state index in [-0.39, 0.29) is 19.1 Å². The molecule has 0 bridgehead atoms. The second kappa shape index (κ2) is 7.15. The van der Waals surface area contributed by atoms with E-state index in [4.69, 9.17) is 14.2 Å². The van der Waals surface area contributed by atoms with Crippen molar-refractivity contribution in [3.63, 3.8) is 0 Å². The van der Waals surface area contributed by atoms with Crippen molar-refractivity contribution < 1.29 is 27.4 Å². The van der Waals surface area contributed by atoms with E-state index in [0.29, 0.717) is 0 Å². The third kappa shape index (κ3) is 4.48. The molecule has 0 unspecified atom stereocenters. The van der Waals surface area contributed by atoms with Gasteiger partial charge in [-0.15, -0.1) is 0 Å². The fourth-order valence-electron chi connectivity index (χ4n) is 2.26. The minimum Gasteiger partial charge on any atom is -0.460 e. The first kappa shape index (κ1) is 16.8. The summed E-state index contributed by atoms with van der Waals surface area (Å²) in [5.41, 5.74) is 0.906. The zero-order chi connectivity index (χ0) is 16.2. The largest absolute Gasteiger partial charge is 0.460 e. The Labute approximate surface area is 127 Å². The van der Waals surface area contributed by atoms with E-state index < -0.39 is 24.3 Å². The summed E-state index contributed by atoms with van der Waals surface area (Å²) in [6.45, 7) is 3.79. The maximum atomic E-state index is 12.9. The second-order valence-electron chi connectivity index (χ2n) is 4.99. The second-order valence-corrected chi connectivity index (χ2v) is 4.99. The highest BCUT2D eigenvalue weighted by Gasteiger charge is 2.41. The molecule has 2 rings (SSSR count). The zero-order valence-electron chi connectivity index (χ0n) is 12.5. The number of hydrogen-bond donors (Lipinski definition) is 0. The van der Waals surface area contributed by atoms with Gasteiger partial charge >= 0.3 is 6.18 Å². The Hall–Kier alpha value is -1.53. The molecule has 3 atom stereocenters. The van der Waals surface area contributed by atoms with E-state index in [9.17, 15) is 13.2 Å². The predicted molar refractivity (Wildman–Crippen MR) is 75.0 cm³/mol. The summed E-state index contributed by atoms with van der Waals surface area (Å²) >= 11 is 0. The van der Waals surface area contributed by atoms with Gasteiger partial charge in [0.15, 0.2) is 0 Å². The van der Waals surface area contributed by atoms with Crippen molar-refractivity contribution in [3.8, 4) is 0 Å². The third-order valence-electron chi connectivity index (χ3n) is 3.30. The molecular weight excluding hydrogens is 297 g/mol. The lowest BCUT2D eigenvalue weighted by Gasteiger charge is -2.31. The molecule has 1 aliphatic heterocycles. The molecule has 22 heavy (non-hydrogen) atoms. The topological polar surface area (TPSA) is 27.7 Å². The Kier molecular flexibility index (Phi) is 5.47. The van der Waals surface area contributed by atoms with Crippen LogP contribution in [0.5, 0.6) is 0 Å². The summed E-state index contributed by atoms with van der Waals surface area (Å²) in [4.78, 5) is 0. The molecule has 0 saturated carbocycles. The minimum absolute atomic E-state index is 0.227. The first-order valence-electron chi connectivity index (χ1n) is 7.17. The van der Waals surface area contributed by atoms with E-state index in [1.54, 1.807) is 6.92 Å². The van der Waals surface area contributed by atoms with Crippen LogP contribution in [0.15, 0.2) is 42.2 Å². The lowest BCUT2D eigenvalue weighted by molar-refractivity contribution is -0.205. The fourth-order valence-corrected chi connectivity index (χ4v) is 2.26. The molecule has 1 aliphatic rings. The highest BCUT2D eigenvalue weighted by atomic mass is 19.4. The van der Waals surface area contributed by atoms with Crippen LogP contribution in [0, 0.1) is 0 Å². The average Bonchev–Trinajstić information content (AvgIpc) is 2.47. The van der Waals surface area contributed by atoms with Crippen molar-refractivity contribution in [1.82, 2.24) is 0 Å². The highest BCUT2D eigenvalue weighted by molar-refractivity contribution is 5.17. The van der Waals surface area contributed by atoms with Crippen LogP contribution in [-0.4, -0.2) is 25.2 Å². The number of ether oxygens (including phenoxy) is 3. The molecule has 1 heterocycles. The van der Waals surface area contributed by atoms with Crippen molar-refractivity contribution in [2.45, 2.75) is 44.9 Å². The monoisotopic (exact) mass is 316 g/mol. The van der Waals surface area contributed by atoms with Gasteiger partial charge in [-0.2, -0.15) is 13.2 Å². The Bertz CT molecular complexity index is 499. The number of halogens is 3. The Morgan fingerprint density at radius 2 is 1.95 bits per heavy atom. The summed E-state index contributed by atoms with van der Waals surface area (Å²) in [7, 11) is 0. The Morgan fingerprint density at radius 3 is 2.55 bits per heavy atom. The van der Waals surface area contributed by atoms with Crippen LogP contribution in [-0.2, 0) is 14.2 Å².